The smallest absolute Gasteiger partial charge is 0.310 e. The maximum atomic E-state index is 11.9. The van der Waals surface area contributed by atoms with E-state index in [4.69, 9.17) is 16.3 Å². The molecular formula is C15H13ClO4S. The first kappa shape index (κ1) is 13.5. The third-order valence-corrected chi connectivity index (χ3v) is 6.60. The maximum absolute atomic E-state index is 11.9. The standard InChI is InChI=1S/C15H13ClO4S/c16-6-1-3-7(4-2-6)21-13-9-5-8-11(10(9)14(17)18)15(19)20-12(8)13/h1-4,8-13H,5H2,(H,17,18)/t8-,9+,10-,11+,12+,13-/m0/s1. The van der Waals surface area contributed by atoms with E-state index in [0.29, 0.717) is 5.02 Å². The Morgan fingerprint density at radius 1 is 1.29 bits per heavy atom. The van der Waals surface area contributed by atoms with Crippen molar-refractivity contribution in [3.05, 3.63) is 29.3 Å². The minimum Gasteiger partial charge on any atom is -0.481 e. The Kier molecular flexibility index (Phi) is 2.98. The molecule has 3 fully saturated rings. The van der Waals surface area contributed by atoms with Crippen LogP contribution in [0.3, 0.4) is 0 Å². The Labute approximate surface area is 130 Å². The molecule has 4 nitrogen and oxygen atoms in total. The molecule has 1 N–H and O–H groups in total. The number of ether oxygens (including phenoxy) is 1. The molecule has 0 spiro atoms. The van der Waals surface area contributed by atoms with Crippen molar-refractivity contribution in [1.29, 1.82) is 0 Å². The van der Waals surface area contributed by atoms with Crippen molar-refractivity contribution in [1.82, 2.24) is 0 Å². The molecule has 1 aliphatic heterocycles. The molecule has 110 valence electrons. The Morgan fingerprint density at radius 3 is 2.67 bits per heavy atom. The molecule has 1 aromatic rings. The second-order valence-corrected chi connectivity index (χ2v) is 7.58. The molecule has 1 saturated heterocycles. The lowest BCUT2D eigenvalue weighted by atomic mass is 9.80. The van der Waals surface area contributed by atoms with E-state index in [1.165, 1.54) is 0 Å². The lowest BCUT2D eigenvalue weighted by Crippen LogP contribution is -2.39. The van der Waals surface area contributed by atoms with Gasteiger partial charge in [-0.25, -0.2) is 0 Å². The molecule has 0 aromatic heterocycles. The number of carbonyl (C=O) groups is 2. The zero-order chi connectivity index (χ0) is 14.7. The zero-order valence-corrected chi connectivity index (χ0v) is 12.5. The topological polar surface area (TPSA) is 63.6 Å². The highest BCUT2D eigenvalue weighted by molar-refractivity contribution is 8.00. The van der Waals surface area contributed by atoms with E-state index in [-0.39, 0.29) is 29.2 Å². The number of aliphatic carboxylic acids is 1. The zero-order valence-electron chi connectivity index (χ0n) is 10.9. The molecule has 2 bridgehead atoms. The number of hydrogen-bond acceptors (Lipinski definition) is 4. The van der Waals surface area contributed by atoms with Crippen LogP contribution in [0.15, 0.2) is 29.2 Å². The van der Waals surface area contributed by atoms with Crippen LogP contribution in [0.2, 0.25) is 5.02 Å². The normalized spacial score (nSPS) is 39.6. The van der Waals surface area contributed by atoms with E-state index in [0.717, 1.165) is 11.3 Å². The number of carboxylic acids is 1. The summed E-state index contributed by atoms with van der Waals surface area (Å²) in [5.74, 6) is -2.13. The number of benzene rings is 1. The van der Waals surface area contributed by atoms with Gasteiger partial charge in [0.2, 0.25) is 0 Å². The predicted octanol–water partition coefficient (Wildman–Crippen LogP) is 2.69. The molecule has 4 rings (SSSR count). The SMILES string of the molecule is O=C1O[C@@H]2[C@H]3C[C@@H]([C@@H]2Sc2ccc(Cl)cc2)[C@H](C(=O)O)[C@H]13. The number of thioether (sulfide) groups is 1. The summed E-state index contributed by atoms with van der Waals surface area (Å²) < 4.78 is 5.48. The summed E-state index contributed by atoms with van der Waals surface area (Å²) in [7, 11) is 0. The van der Waals surface area contributed by atoms with Crippen molar-refractivity contribution in [3.63, 3.8) is 0 Å². The average molecular weight is 325 g/mol. The van der Waals surface area contributed by atoms with Gasteiger partial charge in [0.15, 0.2) is 0 Å². The van der Waals surface area contributed by atoms with Crippen LogP contribution in [0.25, 0.3) is 0 Å². The number of fused-ring (bicyclic) bond motifs is 1. The van der Waals surface area contributed by atoms with Crippen molar-refractivity contribution in [3.8, 4) is 0 Å². The summed E-state index contributed by atoms with van der Waals surface area (Å²) >= 11 is 7.49. The van der Waals surface area contributed by atoms with Crippen molar-refractivity contribution in [2.24, 2.45) is 23.7 Å². The molecule has 1 heterocycles. The van der Waals surface area contributed by atoms with Gasteiger partial charge in [-0.15, -0.1) is 11.8 Å². The Morgan fingerprint density at radius 2 is 2.00 bits per heavy atom. The van der Waals surface area contributed by atoms with Crippen LogP contribution in [0.4, 0.5) is 0 Å². The van der Waals surface area contributed by atoms with Crippen LogP contribution in [0, 0.1) is 23.7 Å². The van der Waals surface area contributed by atoms with E-state index >= 15 is 0 Å². The van der Waals surface area contributed by atoms with Gasteiger partial charge in [-0.3, -0.25) is 9.59 Å². The van der Waals surface area contributed by atoms with Gasteiger partial charge in [-0.05, 0) is 36.6 Å². The summed E-state index contributed by atoms with van der Waals surface area (Å²) in [5, 5.41) is 10.2. The van der Waals surface area contributed by atoms with Crippen LogP contribution in [0.5, 0.6) is 0 Å². The number of carboxylic acid groups (broad SMARTS) is 1. The minimum absolute atomic E-state index is 0.00891. The number of carbonyl (C=O) groups excluding carboxylic acids is 1. The lowest BCUT2D eigenvalue weighted by molar-refractivity contribution is -0.151. The third kappa shape index (κ3) is 1.90. The van der Waals surface area contributed by atoms with E-state index < -0.39 is 17.8 Å². The summed E-state index contributed by atoms with van der Waals surface area (Å²) in [6.45, 7) is 0. The summed E-state index contributed by atoms with van der Waals surface area (Å²) in [4.78, 5) is 24.5. The number of halogens is 1. The van der Waals surface area contributed by atoms with Crippen molar-refractivity contribution >= 4 is 35.3 Å². The quantitative estimate of drug-likeness (QED) is 0.866. The van der Waals surface area contributed by atoms with E-state index in [1.54, 1.807) is 11.8 Å². The highest BCUT2D eigenvalue weighted by atomic mass is 35.5. The van der Waals surface area contributed by atoms with E-state index in [2.05, 4.69) is 0 Å². The number of esters is 1. The number of rotatable bonds is 3. The van der Waals surface area contributed by atoms with Crippen LogP contribution >= 0.6 is 23.4 Å². The van der Waals surface area contributed by atoms with E-state index in [1.807, 2.05) is 24.3 Å². The van der Waals surface area contributed by atoms with Crippen LogP contribution in [-0.2, 0) is 14.3 Å². The highest BCUT2D eigenvalue weighted by Crippen LogP contribution is 2.61. The third-order valence-electron chi connectivity index (χ3n) is 4.92. The average Bonchev–Trinajstić information content (AvgIpc) is 3.04. The molecule has 0 amide bonds. The fraction of sp³-hybridized carbons (Fsp3) is 0.467. The first-order chi connectivity index (χ1) is 10.1. The van der Waals surface area contributed by atoms with Gasteiger partial charge in [0.25, 0.3) is 0 Å². The molecule has 0 radical (unpaired) electrons. The number of hydrogen-bond donors (Lipinski definition) is 1. The van der Waals surface area contributed by atoms with Gasteiger partial charge in [0.1, 0.15) is 6.10 Å². The largest absolute Gasteiger partial charge is 0.481 e. The van der Waals surface area contributed by atoms with Crippen molar-refractivity contribution < 1.29 is 19.4 Å². The van der Waals surface area contributed by atoms with Gasteiger partial charge >= 0.3 is 11.9 Å². The fourth-order valence-electron chi connectivity index (χ4n) is 4.15. The van der Waals surface area contributed by atoms with Gasteiger partial charge in [0, 0.05) is 15.8 Å². The lowest BCUT2D eigenvalue weighted by Gasteiger charge is -2.29. The molecule has 0 unspecified atom stereocenters. The Balaban J connectivity index is 1.63. The fourth-order valence-corrected chi connectivity index (χ4v) is 5.73. The first-order valence-corrected chi connectivity index (χ1v) is 8.17. The summed E-state index contributed by atoms with van der Waals surface area (Å²) in [5.41, 5.74) is 0. The van der Waals surface area contributed by atoms with Gasteiger partial charge in [0.05, 0.1) is 17.1 Å². The highest BCUT2D eigenvalue weighted by Gasteiger charge is 2.68. The van der Waals surface area contributed by atoms with Crippen molar-refractivity contribution in [2.45, 2.75) is 22.7 Å². The van der Waals surface area contributed by atoms with Gasteiger partial charge in [-0.1, -0.05) is 11.6 Å². The predicted molar refractivity (Wildman–Crippen MR) is 77.2 cm³/mol. The van der Waals surface area contributed by atoms with E-state index in [9.17, 15) is 14.7 Å². The molecular weight excluding hydrogens is 312 g/mol. The molecule has 1 aromatic carbocycles. The summed E-state index contributed by atoms with van der Waals surface area (Å²) in [6.07, 6.45) is 0.646. The molecule has 6 atom stereocenters. The molecule has 2 aliphatic carbocycles. The van der Waals surface area contributed by atoms with Gasteiger partial charge in [-0.2, -0.15) is 0 Å². The summed E-state index contributed by atoms with van der Waals surface area (Å²) in [6, 6.07) is 7.47. The molecule has 21 heavy (non-hydrogen) atoms. The minimum atomic E-state index is -0.869. The second kappa shape index (κ2) is 4.65. The Hall–Kier alpha value is -1.20. The van der Waals surface area contributed by atoms with Crippen LogP contribution in [-0.4, -0.2) is 28.4 Å². The molecule has 2 saturated carbocycles. The maximum Gasteiger partial charge on any atom is 0.310 e. The van der Waals surface area contributed by atoms with Crippen LogP contribution in [0.1, 0.15) is 6.42 Å². The monoisotopic (exact) mass is 324 g/mol. The van der Waals surface area contributed by atoms with Crippen molar-refractivity contribution in [2.75, 3.05) is 0 Å². The first-order valence-electron chi connectivity index (χ1n) is 6.92. The van der Waals surface area contributed by atoms with Crippen LogP contribution < -0.4 is 0 Å². The van der Waals surface area contributed by atoms with Gasteiger partial charge < -0.3 is 9.84 Å². The Bertz CT molecular complexity index is 617. The molecule has 6 heteroatoms. The second-order valence-electron chi connectivity index (χ2n) is 5.89. The molecule has 3 aliphatic rings.